The lowest BCUT2D eigenvalue weighted by molar-refractivity contribution is 0.0733. The Bertz CT molecular complexity index is 1410. The third-order valence-corrected chi connectivity index (χ3v) is 9.38. The maximum Gasteiger partial charge on any atom is 0.244 e. The highest BCUT2D eigenvalue weighted by molar-refractivity contribution is 7.89. The van der Waals surface area contributed by atoms with Crippen molar-refractivity contribution in [2.45, 2.75) is 24.2 Å². The van der Waals surface area contributed by atoms with Gasteiger partial charge in [0, 0.05) is 44.9 Å². The molecule has 0 radical (unpaired) electrons. The molecule has 1 aromatic carbocycles. The minimum absolute atomic E-state index is 0.215. The average Bonchev–Trinajstić information content (AvgIpc) is 3.24. The van der Waals surface area contributed by atoms with Crippen LogP contribution in [-0.2, 0) is 21.2 Å². The van der Waals surface area contributed by atoms with Crippen LogP contribution in [0.2, 0.25) is 0 Å². The molecule has 2 saturated heterocycles. The molecule has 10 heteroatoms. The maximum absolute atomic E-state index is 13.6. The molecule has 0 unspecified atom stereocenters. The van der Waals surface area contributed by atoms with Gasteiger partial charge < -0.3 is 9.64 Å². The number of rotatable bonds is 6. The monoisotopic (exact) mass is 509 g/mol. The number of ether oxygens (including phenoxy) is 1. The number of hydrogen-bond acceptors (Lipinski definition) is 6. The zero-order valence-electron chi connectivity index (χ0n) is 20.1. The highest BCUT2D eigenvalue weighted by atomic mass is 32.2. The minimum Gasteiger partial charge on any atom is -0.384 e. The van der Waals surface area contributed by atoms with Crippen molar-refractivity contribution in [3.63, 3.8) is 0 Å². The van der Waals surface area contributed by atoms with Gasteiger partial charge in [0.1, 0.15) is 16.5 Å². The second-order valence-electron chi connectivity index (χ2n) is 9.78. The van der Waals surface area contributed by atoms with E-state index in [1.54, 1.807) is 35.7 Å². The van der Waals surface area contributed by atoms with Crippen molar-refractivity contribution in [2.24, 2.45) is 5.41 Å². The van der Waals surface area contributed by atoms with E-state index in [9.17, 15) is 12.8 Å². The number of piperidine rings is 1. The second-order valence-corrected chi connectivity index (χ2v) is 11.7. The van der Waals surface area contributed by atoms with Crippen LogP contribution in [0.25, 0.3) is 11.8 Å². The Kier molecular flexibility index (Phi) is 5.70. The maximum atomic E-state index is 13.6. The SMILES string of the molecule is COC[C@]12Cc3cnn(-c4ccc(F)cc4)c3C=C1CCN(S(=O)(=O)c1ccc(N3CCC3)nc1)C2. The highest BCUT2D eigenvalue weighted by Crippen LogP contribution is 2.45. The van der Waals surface area contributed by atoms with Gasteiger partial charge in [0.25, 0.3) is 0 Å². The van der Waals surface area contributed by atoms with Crippen LogP contribution in [-0.4, -0.2) is 67.4 Å². The summed E-state index contributed by atoms with van der Waals surface area (Å²) in [6.07, 6.45) is 7.74. The Morgan fingerprint density at radius 3 is 2.56 bits per heavy atom. The average molecular weight is 510 g/mol. The Balaban J connectivity index is 1.30. The quantitative estimate of drug-likeness (QED) is 0.507. The molecular formula is C26H28FN5O3S. The van der Waals surface area contributed by atoms with Crippen LogP contribution < -0.4 is 4.90 Å². The molecule has 36 heavy (non-hydrogen) atoms. The Labute approximate surface area is 210 Å². The molecule has 0 bridgehead atoms. The van der Waals surface area contributed by atoms with E-state index < -0.39 is 15.4 Å². The van der Waals surface area contributed by atoms with Gasteiger partial charge in [-0.05, 0) is 67.3 Å². The largest absolute Gasteiger partial charge is 0.384 e. The van der Waals surface area contributed by atoms with Gasteiger partial charge in [-0.3, -0.25) is 0 Å². The summed E-state index contributed by atoms with van der Waals surface area (Å²) in [5, 5.41) is 4.56. The van der Waals surface area contributed by atoms with Crippen LogP contribution in [0.1, 0.15) is 24.1 Å². The molecule has 4 heterocycles. The fourth-order valence-electron chi connectivity index (χ4n) is 5.50. The molecule has 2 fully saturated rings. The number of halogens is 1. The molecule has 0 saturated carbocycles. The number of methoxy groups -OCH3 is 1. The zero-order valence-corrected chi connectivity index (χ0v) is 20.9. The van der Waals surface area contributed by atoms with E-state index in [-0.39, 0.29) is 10.7 Å². The van der Waals surface area contributed by atoms with Crippen LogP contribution in [0.4, 0.5) is 10.2 Å². The number of hydrogen-bond donors (Lipinski definition) is 0. The zero-order chi connectivity index (χ0) is 24.9. The number of benzene rings is 1. The molecular weight excluding hydrogens is 481 g/mol. The van der Waals surface area contributed by atoms with E-state index in [2.05, 4.69) is 21.1 Å². The molecule has 0 N–H and O–H groups in total. The third-order valence-electron chi connectivity index (χ3n) is 7.55. The lowest BCUT2D eigenvalue weighted by atomic mass is 9.69. The molecule has 188 valence electrons. The Hall–Kier alpha value is -3.08. The lowest BCUT2D eigenvalue weighted by Crippen LogP contribution is -2.51. The van der Waals surface area contributed by atoms with Crippen LogP contribution >= 0.6 is 0 Å². The second kappa shape index (κ2) is 8.79. The van der Waals surface area contributed by atoms with Crippen LogP contribution in [0.5, 0.6) is 0 Å². The van der Waals surface area contributed by atoms with Gasteiger partial charge in [-0.2, -0.15) is 9.40 Å². The van der Waals surface area contributed by atoms with E-state index >= 15 is 0 Å². The normalized spacial score (nSPS) is 21.9. The van der Waals surface area contributed by atoms with Gasteiger partial charge in [0.05, 0.1) is 24.2 Å². The summed E-state index contributed by atoms with van der Waals surface area (Å²) in [7, 11) is -2.06. The predicted molar refractivity (Wildman–Crippen MR) is 134 cm³/mol. The third kappa shape index (κ3) is 3.84. The van der Waals surface area contributed by atoms with E-state index in [0.717, 1.165) is 47.8 Å². The van der Waals surface area contributed by atoms with E-state index in [4.69, 9.17) is 4.74 Å². The molecule has 3 aromatic rings. The number of fused-ring (bicyclic) bond motifs is 2. The van der Waals surface area contributed by atoms with Crippen LogP contribution in [0.3, 0.4) is 0 Å². The smallest absolute Gasteiger partial charge is 0.244 e. The van der Waals surface area contributed by atoms with Gasteiger partial charge in [0.2, 0.25) is 10.0 Å². The summed E-state index contributed by atoms with van der Waals surface area (Å²) in [6.45, 7) is 3.02. The summed E-state index contributed by atoms with van der Waals surface area (Å²) in [5.41, 5.74) is 3.42. The highest BCUT2D eigenvalue weighted by Gasteiger charge is 2.46. The summed E-state index contributed by atoms with van der Waals surface area (Å²) in [5.74, 6) is 0.522. The fourth-order valence-corrected chi connectivity index (χ4v) is 6.97. The first-order chi connectivity index (χ1) is 17.4. The van der Waals surface area contributed by atoms with Gasteiger partial charge in [-0.25, -0.2) is 22.5 Å². The molecule has 2 aromatic heterocycles. The van der Waals surface area contributed by atoms with Crippen LogP contribution in [0.15, 0.2) is 59.3 Å². The molecule has 8 nitrogen and oxygen atoms in total. The molecule has 6 rings (SSSR count). The number of sulfonamides is 1. The Morgan fingerprint density at radius 2 is 1.89 bits per heavy atom. The summed E-state index contributed by atoms with van der Waals surface area (Å²) in [6, 6.07) is 9.70. The van der Waals surface area contributed by atoms with Crippen molar-refractivity contribution >= 4 is 21.9 Å². The number of nitrogens with zero attached hydrogens (tertiary/aromatic N) is 5. The molecule has 0 spiro atoms. The van der Waals surface area contributed by atoms with Crippen molar-refractivity contribution in [1.82, 2.24) is 19.1 Å². The van der Waals surface area contributed by atoms with E-state index in [1.807, 2.05) is 10.9 Å². The first-order valence-electron chi connectivity index (χ1n) is 12.1. The Morgan fingerprint density at radius 1 is 1.08 bits per heavy atom. The molecule has 3 aliphatic rings. The lowest BCUT2D eigenvalue weighted by Gasteiger charge is -2.45. The molecule has 0 amide bonds. The van der Waals surface area contributed by atoms with Crippen LogP contribution in [0, 0.1) is 11.2 Å². The predicted octanol–water partition coefficient (Wildman–Crippen LogP) is 3.28. The summed E-state index contributed by atoms with van der Waals surface area (Å²) >= 11 is 0. The van der Waals surface area contributed by atoms with Crippen molar-refractivity contribution in [3.05, 3.63) is 71.4 Å². The van der Waals surface area contributed by atoms with Gasteiger partial charge >= 0.3 is 0 Å². The van der Waals surface area contributed by atoms with Crippen molar-refractivity contribution < 1.29 is 17.5 Å². The van der Waals surface area contributed by atoms with Crippen molar-refractivity contribution in [1.29, 1.82) is 0 Å². The van der Waals surface area contributed by atoms with E-state index in [0.29, 0.717) is 32.5 Å². The number of anilines is 1. The van der Waals surface area contributed by atoms with Crippen molar-refractivity contribution in [2.75, 3.05) is 44.8 Å². The molecule has 1 atom stereocenters. The standard InChI is InChI=1S/C26H28FN5O3S/c1-35-18-26-14-19-15-29-32(22-5-3-21(27)4-6-22)24(19)13-20(26)9-12-31(17-26)36(33,34)23-7-8-25(28-16-23)30-10-2-11-30/h3-8,13,15-16H,2,9-12,14,17-18H2,1H3/t26-/m1/s1. The topological polar surface area (TPSA) is 80.6 Å². The minimum atomic E-state index is -3.71. The van der Waals surface area contributed by atoms with E-state index in [1.165, 1.54) is 18.3 Å². The molecule has 1 aliphatic carbocycles. The first kappa shape index (κ1) is 23.3. The van der Waals surface area contributed by atoms with Gasteiger partial charge in [-0.15, -0.1) is 0 Å². The number of aromatic nitrogens is 3. The van der Waals surface area contributed by atoms with Gasteiger partial charge in [-0.1, -0.05) is 5.57 Å². The molecule has 2 aliphatic heterocycles. The number of pyridine rings is 1. The summed E-state index contributed by atoms with van der Waals surface area (Å²) < 4.78 is 49.7. The first-order valence-corrected chi connectivity index (χ1v) is 13.6. The summed E-state index contributed by atoms with van der Waals surface area (Å²) in [4.78, 5) is 6.76. The van der Waals surface area contributed by atoms with Gasteiger partial charge in [0.15, 0.2) is 0 Å². The van der Waals surface area contributed by atoms with Crippen molar-refractivity contribution in [3.8, 4) is 5.69 Å². The fraction of sp³-hybridized carbons (Fsp3) is 0.385.